The summed E-state index contributed by atoms with van der Waals surface area (Å²) in [5.74, 6) is -0.367. The van der Waals surface area contributed by atoms with Gasteiger partial charge in [0.2, 0.25) is 5.91 Å². The van der Waals surface area contributed by atoms with Crippen LogP contribution in [-0.2, 0) is 4.79 Å². The van der Waals surface area contributed by atoms with E-state index in [1.54, 1.807) is 42.5 Å². The van der Waals surface area contributed by atoms with Crippen LogP contribution >= 0.6 is 27.5 Å². The molecule has 0 heterocycles. The lowest BCUT2D eigenvalue weighted by molar-refractivity contribution is -0.122. The fourth-order valence-corrected chi connectivity index (χ4v) is 3.09. The zero-order valence-corrected chi connectivity index (χ0v) is 17.3. The Morgan fingerprint density at radius 3 is 2.32 bits per heavy atom. The summed E-state index contributed by atoms with van der Waals surface area (Å²) in [6, 6.07) is 11.6. The summed E-state index contributed by atoms with van der Waals surface area (Å²) in [5, 5.41) is 8.64. The molecule has 3 amide bonds. The Labute approximate surface area is 176 Å². The number of rotatable bonds is 7. The third-order valence-corrected chi connectivity index (χ3v) is 5.06. The summed E-state index contributed by atoms with van der Waals surface area (Å²) in [6.45, 7) is 0.764. The molecule has 1 aliphatic rings. The standard InChI is InChI=1S/C20H19BrClN3O3/c21-14-5-8-17(22)16(11-14)20(28)25-15-6-3-13(4-7-15)19(27)24-10-9-23-18(26)12-1-2-12/h3-8,11-12H,1-2,9-10H2,(H,23,26)(H,24,27)(H,25,28). The third kappa shape index (κ3) is 5.56. The second-order valence-corrected chi connectivity index (χ2v) is 7.80. The number of hydrogen-bond acceptors (Lipinski definition) is 3. The predicted octanol–water partition coefficient (Wildman–Crippen LogP) is 3.61. The number of hydrogen-bond donors (Lipinski definition) is 3. The number of amides is 3. The average molecular weight is 465 g/mol. The molecule has 6 nitrogen and oxygen atoms in total. The van der Waals surface area contributed by atoms with Crippen molar-refractivity contribution >= 4 is 50.9 Å². The number of halogens is 2. The van der Waals surface area contributed by atoms with Gasteiger partial charge in [-0.15, -0.1) is 0 Å². The van der Waals surface area contributed by atoms with Crippen LogP contribution in [0.1, 0.15) is 33.6 Å². The lowest BCUT2D eigenvalue weighted by atomic mass is 10.1. The van der Waals surface area contributed by atoms with Crippen molar-refractivity contribution in [1.82, 2.24) is 10.6 Å². The Hall–Kier alpha value is -2.38. The summed E-state index contributed by atoms with van der Waals surface area (Å²) in [5.41, 5.74) is 1.37. The van der Waals surface area contributed by atoms with Crippen molar-refractivity contribution in [2.24, 2.45) is 5.92 Å². The molecule has 2 aromatic rings. The molecule has 1 fully saturated rings. The molecule has 0 saturated heterocycles. The first-order valence-electron chi connectivity index (χ1n) is 8.86. The van der Waals surface area contributed by atoms with Gasteiger partial charge in [0.25, 0.3) is 11.8 Å². The number of carbonyl (C=O) groups excluding carboxylic acids is 3. The summed E-state index contributed by atoms with van der Waals surface area (Å²) >= 11 is 9.38. The lowest BCUT2D eigenvalue weighted by Crippen LogP contribution is -2.35. The highest BCUT2D eigenvalue weighted by Crippen LogP contribution is 2.28. The van der Waals surface area contributed by atoms with E-state index >= 15 is 0 Å². The number of anilines is 1. The molecule has 0 aromatic heterocycles. The molecular formula is C20H19BrClN3O3. The van der Waals surface area contributed by atoms with Crippen LogP contribution in [0.25, 0.3) is 0 Å². The molecule has 28 heavy (non-hydrogen) atoms. The van der Waals surface area contributed by atoms with E-state index in [9.17, 15) is 14.4 Å². The van der Waals surface area contributed by atoms with E-state index in [-0.39, 0.29) is 23.6 Å². The van der Waals surface area contributed by atoms with Gasteiger partial charge in [0.1, 0.15) is 0 Å². The Bertz CT molecular complexity index is 898. The van der Waals surface area contributed by atoms with Crippen molar-refractivity contribution in [2.75, 3.05) is 18.4 Å². The normalized spacial score (nSPS) is 12.9. The maximum absolute atomic E-state index is 12.4. The van der Waals surface area contributed by atoms with E-state index in [4.69, 9.17) is 11.6 Å². The Balaban J connectivity index is 1.49. The van der Waals surface area contributed by atoms with Crippen molar-refractivity contribution in [3.05, 3.63) is 63.1 Å². The van der Waals surface area contributed by atoms with Gasteiger partial charge in [-0.3, -0.25) is 14.4 Å². The van der Waals surface area contributed by atoms with E-state index < -0.39 is 0 Å². The minimum Gasteiger partial charge on any atom is -0.354 e. The first-order chi connectivity index (χ1) is 13.4. The van der Waals surface area contributed by atoms with Crippen LogP contribution < -0.4 is 16.0 Å². The van der Waals surface area contributed by atoms with Gasteiger partial charge in [0.05, 0.1) is 10.6 Å². The molecule has 0 atom stereocenters. The molecule has 0 aliphatic heterocycles. The van der Waals surface area contributed by atoms with Crippen LogP contribution in [0.15, 0.2) is 46.9 Å². The van der Waals surface area contributed by atoms with E-state index in [2.05, 4.69) is 31.9 Å². The van der Waals surface area contributed by atoms with Gasteiger partial charge in [-0.25, -0.2) is 0 Å². The second-order valence-electron chi connectivity index (χ2n) is 6.48. The number of nitrogens with one attached hydrogen (secondary N) is 3. The average Bonchev–Trinajstić information content (AvgIpc) is 3.52. The summed E-state index contributed by atoms with van der Waals surface area (Å²) in [4.78, 5) is 36.0. The van der Waals surface area contributed by atoms with Crippen LogP contribution in [0.4, 0.5) is 5.69 Å². The van der Waals surface area contributed by atoms with Crippen molar-refractivity contribution < 1.29 is 14.4 Å². The molecule has 0 radical (unpaired) electrons. The zero-order chi connectivity index (χ0) is 20.1. The van der Waals surface area contributed by atoms with Crippen molar-refractivity contribution in [3.8, 4) is 0 Å². The van der Waals surface area contributed by atoms with Crippen LogP contribution in [-0.4, -0.2) is 30.8 Å². The highest BCUT2D eigenvalue weighted by molar-refractivity contribution is 9.10. The topological polar surface area (TPSA) is 87.3 Å². The van der Waals surface area contributed by atoms with Gasteiger partial charge in [0.15, 0.2) is 0 Å². The Morgan fingerprint density at radius 2 is 1.64 bits per heavy atom. The van der Waals surface area contributed by atoms with Crippen LogP contribution in [0.5, 0.6) is 0 Å². The SMILES string of the molecule is O=C(NCCNC(=O)C1CC1)c1ccc(NC(=O)c2cc(Br)ccc2Cl)cc1. The highest BCUT2D eigenvalue weighted by Gasteiger charge is 2.29. The molecule has 3 rings (SSSR count). The minimum atomic E-state index is -0.338. The van der Waals surface area contributed by atoms with Gasteiger partial charge in [-0.05, 0) is 55.3 Å². The monoisotopic (exact) mass is 463 g/mol. The highest BCUT2D eigenvalue weighted by atomic mass is 79.9. The molecule has 2 aromatic carbocycles. The smallest absolute Gasteiger partial charge is 0.257 e. The quantitative estimate of drug-likeness (QED) is 0.547. The molecule has 0 spiro atoms. The number of carbonyl (C=O) groups is 3. The molecule has 0 bridgehead atoms. The van der Waals surface area contributed by atoms with Crippen molar-refractivity contribution in [3.63, 3.8) is 0 Å². The summed E-state index contributed by atoms with van der Waals surface area (Å²) < 4.78 is 0.752. The fourth-order valence-electron chi connectivity index (χ4n) is 2.53. The van der Waals surface area contributed by atoms with Crippen LogP contribution in [0.2, 0.25) is 5.02 Å². The second kappa shape index (κ2) is 9.21. The van der Waals surface area contributed by atoms with Gasteiger partial charge in [0, 0.05) is 34.7 Å². The molecule has 1 aliphatic carbocycles. The van der Waals surface area contributed by atoms with Gasteiger partial charge >= 0.3 is 0 Å². The predicted molar refractivity (Wildman–Crippen MR) is 112 cm³/mol. The Morgan fingerprint density at radius 1 is 0.964 bits per heavy atom. The Kier molecular flexibility index (Phi) is 6.70. The number of benzene rings is 2. The summed E-state index contributed by atoms with van der Waals surface area (Å²) in [7, 11) is 0. The van der Waals surface area contributed by atoms with E-state index in [0.717, 1.165) is 17.3 Å². The first kappa shape index (κ1) is 20.4. The van der Waals surface area contributed by atoms with E-state index in [1.165, 1.54) is 0 Å². The first-order valence-corrected chi connectivity index (χ1v) is 10.0. The molecule has 0 unspecified atom stereocenters. The fraction of sp³-hybridized carbons (Fsp3) is 0.250. The third-order valence-electron chi connectivity index (χ3n) is 4.24. The van der Waals surface area contributed by atoms with Gasteiger partial charge in [-0.2, -0.15) is 0 Å². The van der Waals surface area contributed by atoms with Crippen molar-refractivity contribution in [2.45, 2.75) is 12.8 Å². The lowest BCUT2D eigenvalue weighted by Gasteiger charge is -2.09. The van der Waals surface area contributed by atoms with Crippen molar-refractivity contribution in [1.29, 1.82) is 0 Å². The molecule has 146 valence electrons. The van der Waals surface area contributed by atoms with E-state index in [0.29, 0.717) is 34.9 Å². The van der Waals surface area contributed by atoms with E-state index in [1.807, 2.05) is 0 Å². The van der Waals surface area contributed by atoms with Crippen LogP contribution in [0, 0.1) is 5.92 Å². The summed E-state index contributed by atoms with van der Waals surface area (Å²) in [6.07, 6.45) is 1.91. The largest absolute Gasteiger partial charge is 0.354 e. The molecule has 3 N–H and O–H groups in total. The molecular weight excluding hydrogens is 446 g/mol. The molecule has 1 saturated carbocycles. The zero-order valence-electron chi connectivity index (χ0n) is 14.9. The van der Waals surface area contributed by atoms with Crippen LogP contribution in [0.3, 0.4) is 0 Å². The maximum atomic E-state index is 12.4. The van der Waals surface area contributed by atoms with Gasteiger partial charge < -0.3 is 16.0 Å². The minimum absolute atomic E-state index is 0.0555. The van der Waals surface area contributed by atoms with Gasteiger partial charge in [-0.1, -0.05) is 27.5 Å². The molecule has 8 heteroatoms. The maximum Gasteiger partial charge on any atom is 0.257 e.